The summed E-state index contributed by atoms with van der Waals surface area (Å²) in [5.74, 6) is 0. The number of ether oxygens (including phenoxy) is 2. The molecule has 0 N–H and O–H groups in total. The van der Waals surface area contributed by atoms with E-state index in [1.54, 1.807) is 5.19 Å². The van der Waals surface area contributed by atoms with Gasteiger partial charge < -0.3 is 9.47 Å². The summed E-state index contributed by atoms with van der Waals surface area (Å²) < 4.78 is 10.7. The zero-order valence-electron chi connectivity index (χ0n) is 10.5. The SMILES string of the molecule is CC[Si](CCCOCC1CO1)c1ccccc1. The standard InChI is InChI=1S/C14H21O2Si/c1-2-17(14-7-4-3-5-8-14)10-6-9-15-11-13-12-16-13/h3-5,7-8,13H,2,6,9-12H2,1H3. The third-order valence-electron chi connectivity index (χ3n) is 3.08. The first-order valence-electron chi connectivity index (χ1n) is 6.49. The number of hydrogen-bond acceptors (Lipinski definition) is 2. The molecule has 1 saturated heterocycles. The van der Waals surface area contributed by atoms with Crippen molar-refractivity contribution in [3.63, 3.8) is 0 Å². The van der Waals surface area contributed by atoms with Crippen LogP contribution in [0.3, 0.4) is 0 Å². The van der Waals surface area contributed by atoms with Gasteiger partial charge in [0.1, 0.15) is 6.10 Å². The molecule has 2 rings (SSSR count). The second-order valence-corrected chi connectivity index (χ2v) is 7.45. The summed E-state index contributed by atoms with van der Waals surface area (Å²) in [6.45, 7) is 4.88. The molecule has 0 spiro atoms. The van der Waals surface area contributed by atoms with E-state index in [4.69, 9.17) is 9.47 Å². The molecule has 0 aromatic heterocycles. The topological polar surface area (TPSA) is 21.8 Å². The first kappa shape index (κ1) is 12.8. The highest BCUT2D eigenvalue weighted by Gasteiger charge is 2.22. The number of benzene rings is 1. The molecule has 3 heteroatoms. The van der Waals surface area contributed by atoms with E-state index < -0.39 is 0 Å². The van der Waals surface area contributed by atoms with Crippen LogP contribution in [-0.4, -0.2) is 34.7 Å². The lowest BCUT2D eigenvalue weighted by atomic mass is 10.4. The summed E-state index contributed by atoms with van der Waals surface area (Å²) in [5.41, 5.74) is 0. The molecule has 1 atom stereocenters. The summed E-state index contributed by atoms with van der Waals surface area (Å²) in [7, 11) is -0.358. The van der Waals surface area contributed by atoms with Crippen molar-refractivity contribution in [2.45, 2.75) is 31.5 Å². The molecule has 2 nitrogen and oxygen atoms in total. The minimum Gasteiger partial charge on any atom is -0.379 e. The molecule has 1 radical (unpaired) electrons. The minimum absolute atomic E-state index is 0.358. The summed E-state index contributed by atoms with van der Waals surface area (Å²) in [6.07, 6.45) is 1.59. The smallest absolute Gasteiger partial charge is 0.104 e. The highest BCUT2D eigenvalue weighted by molar-refractivity contribution is 6.73. The first-order valence-corrected chi connectivity index (χ1v) is 8.41. The minimum atomic E-state index is -0.358. The van der Waals surface area contributed by atoms with Crippen LogP contribution in [0.4, 0.5) is 0 Å². The number of epoxide rings is 1. The van der Waals surface area contributed by atoms with E-state index in [0.29, 0.717) is 6.10 Å². The lowest BCUT2D eigenvalue weighted by Crippen LogP contribution is -2.28. The molecule has 1 unspecified atom stereocenters. The Bertz CT molecular complexity index is 311. The van der Waals surface area contributed by atoms with Crippen LogP contribution in [0.15, 0.2) is 30.3 Å². The second-order valence-electron chi connectivity index (χ2n) is 4.46. The third-order valence-corrected chi connectivity index (χ3v) is 6.04. The molecular formula is C14H21O2Si. The molecule has 0 saturated carbocycles. The Morgan fingerprint density at radius 2 is 2.12 bits per heavy atom. The fourth-order valence-corrected chi connectivity index (χ4v) is 4.25. The van der Waals surface area contributed by atoms with Gasteiger partial charge >= 0.3 is 0 Å². The third kappa shape index (κ3) is 4.62. The molecule has 1 fully saturated rings. The van der Waals surface area contributed by atoms with Gasteiger partial charge in [-0.25, -0.2) is 0 Å². The van der Waals surface area contributed by atoms with Crippen molar-refractivity contribution in [1.29, 1.82) is 0 Å². The van der Waals surface area contributed by atoms with Gasteiger partial charge in [-0.3, -0.25) is 0 Å². The van der Waals surface area contributed by atoms with Crippen molar-refractivity contribution in [2.75, 3.05) is 19.8 Å². The molecule has 1 aliphatic heterocycles. The normalized spacial score (nSPS) is 18.6. The first-order chi connectivity index (χ1) is 8.40. The van der Waals surface area contributed by atoms with Gasteiger partial charge in [-0.15, -0.1) is 0 Å². The average molecular weight is 249 g/mol. The monoisotopic (exact) mass is 249 g/mol. The average Bonchev–Trinajstić information content (AvgIpc) is 3.19. The Morgan fingerprint density at radius 3 is 2.76 bits per heavy atom. The van der Waals surface area contributed by atoms with Gasteiger partial charge in [-0.1, -0.05) is 54.5 Å². The van der Waals surface area contributed by atoms with E-state index in [-0.39, 0.29) is 8.80 Å². The van der Waals surface area contributed by atoms with Gasteiger partial charge in [0.2, 0.25) is 0 Å². The van der Waals surface area contributed by atoms with Crippen LogP contribution in [0.5, 0.6) is 0 Å². The largest absolute Gasteiger partial charge is 0.379 e. The number of rotatable bonds is 8. The van der Waals surface area contributed by atoms with E-state index in [9.17, 15) is 0 Å². The molecule has 17 heavy (non-hydrogen) atoms. The van der Waals surface area contributed by atoms with Gasteiger partial charge in [0.25, 0.3) is 0 Å². The van der Waals surface area contributed by atoms with Crippen LogP contribution < -0.4 is 5.19 Å². The van der Waals surface area contributed by atoms with Crippen LogP contribution in [0, 0.1) is 0 Å². The lowest BCUT2D eigenvalue weighted by Gasteiger charge is -2.12. The van der Waals surface area contributed by atoms with E-state index >= 15 is 0 Å². The molecule has 1 aromatic carbocycles. The molecular weight excluding hydrogens is 228 g/mol. The van der Waals surface area contributed by atoms with Gasteiger partial charge in [0.05, 0.1) is 22.0 Å². The molecule has 1 aliphatic rings. The van der Waals surface area contributed by atoms with Crippen LogP contribution in [0.2, 0.25) is 12.1 Å². The predicted molar refractivity (Wildman–Crippen MR) is 72.3 cm³/mol. The highest BCUT2D eigenvalue weighted by Crippen LogP contribution is 2.09. The predicted octanol–water partition coefficient (Wildman–Crippen LogP) is 2.21. The van der Waals surface area contributed by atoms with E-state index in [0.717, 1.165) is 19.8 Å². The van der Waals surface area contributed by atoms with Crippen molar-refractivity contribution < 1.29 is 9.47 Å². The molecule has 0 bridgehead atoms. The Labute approximate surface area is 106 Å². The summed E-state index contributed by atoms with van der Waals surface area (Å²) in [4.78, 5) is 0. The Balaban J connectivity index is 1.64. The fraction of sp³-hybridized carbons (Fsp3) is 0.571. The van der Waals surface area contributed by atoms with Crippen LogP contribution in [0.25, 0.3) is 0 Å². The molecule has 1 aromatic rings. The maximum atomic E-state index is 5.58. The molecule has 1 heterocycles. The van der Waals surface area contributed by atoms with Gasteiger partial charge in [0, 0.05) is 6.61 Å². The Kier molecular flexibility index (Phi) is 5.23. The summed E-state index contributed by atoms with van der Waals surface area (Å²) in [6, 6.07) is 13.6. The van der Waals surface area contributed by atoms with Gasteiger partial charge in [-0.05, 0) is 6.42 Å². The fourth-order valence-electron chi connectivity index (χ4n) is 1.97. The maximum absolute atomic E-state index is 5.58. The highest BCUT2D eigenvalue weighted by atomic mass is 28.3. The van der Waals surface area contributed by atoms with E-state index in [1.165, 1.54) is 18.5 Å². The van der Waals surface area contributed by atoms with Crippen molar-refractivity contribution in [1.82, 2.24) is 0 Å². The van der Waals surface area contributed by atoms with Crippen molar-refractivity contribution >= 4 is 14.0 Å². The van der Waals surface area contributed by atoms with Gasteiger partial charge in [-0.2, -0.15) is 0 Å². The molecule has 0 amide bonds. The molecule has 0 aliphatic carbocycles. The van der Waals surface area contributed by atoms with E-state index in [1.807, 2.05) is 0 Å². The van der Waals surface area contributed by atoms with Crippen LogP contribution in [0.1, 0.15) is 13.3 Å². The number of hydrogen-bond donors (Lipinski definition) is 0. The van der Waals surface area contributed by atoms with Crippen LogP contribution >= 0.6 is 0 Å². The lowest BCUT2D eigenvalue weighted by molar-refractivity contribution is 0.117. The van der Waals surface area contributed by atoms with Crippen molar-refractivity contribution in [3.05, 3.63) is 30.3 Å². The molecule has 93 valence electrons. The quantitative estimate of drug-likeness (QED) is 0.400. The zero-order valence-corrected chi connectivity index (χ0v) is 11.5. The van der Waals surface area contributed by atoms with Gasteiger partial charge in [0.15, 0.2) is 0 Å². The van der Waals surface area contributed by atoms with E-state index in [2.05, 4.69) is 37.3 Å². The summed E-state index contributed by atoms with van der Waals surface area (Å²) >= 11 is 0. The Morgan fingerprint density at radius 1 is 1.35 bits per heavy atom. The van der Waals surface area contributed by atoms with Crippen molar-refractivity contribution in [3.8, 4) is 0 Å². The van der Waals surface area contributed by atoms with Crippen molar-refractivity contribution in [2.24, 2.45) is 0 Å². The second kappa shape index (κ2) is 6.94. The maximum Gasteiger partial charge on any atom is 0.104 e. The van der Waals surface area contributed by atoms with Crippen LogP contribution in [-0.2, 0) is 9.47 Å². The zero-order chi connectivity index (χ0) is 11.9. The summed E-state index contributed by atoms with van der Waals surface area (Å²) in [5, 5.41) is 1.56. The Hall–Kier alpha value is -0.643.